The smallest absolute Gasteiger partial charge is 0.0584 e. The molecule has 1 unspecified atom stereocenters. The molecule has 78 valence electrons. The lowest BCUT2D eigenvalue weighted by atomic mass is 10.2. The second-order valence-corrected chi connectivity index (χ2v) is 3.71. The monoisotopic (exact) mass is 194 g/mol. The van der Waals surface area contributed by atoms with E-state index < -0.39 is 0 Å². The van der Waals surface area contributed by atoms with Gasteiger partial charge >= 0.3 is 0 Å². The number of aryl methyl sites for hydroxylation is 1. The molecule has 1 atom stereocenters. The van der Waals surface area contributed by atoms with Gasteiger partial charge in [0.25, 0.3) is 0 Å². The molecular weight excluding hydrogens is 176 g/mol. The summed E-state index contributed by atoms with van der Waals surface area (Å²) < 4.78 is 0. The van der Waals surface area contributed by atoms with Gasteiger partial charge in [0.05, 0.1) is 12.3 Å². The Labute approximate surface area is 85.4 Å². The fraction of sp³-hybridized carbons (Fsp3) is 0.545. The van der Waals surface area contributed by atoms with Crippen LogP contribution in [0.4, 0.5) is 0 Å². The van der Waals surface area contributed by atoms with Crippen molar-refractivity contribution in [3.8, 4) is 0 Å². The maximum Gasteiger partial charge on any atom is 0.0584 e. The zero-order chi connectivity index (χ0) is 10.6. The summed E-state index contributed by atoms with van der Waals surface area (Å²) in [5.41, 5.74) is 2.28. The minimum absolute atomic E-state index is 0.177. The molecule has 0 aromatic carbocycles. The molecule has 3 nitrogen and oxygen atoms in total. The lowest BCUT2D eigenvalue weighted by Crippen LogP contribution is -2.31. The van der Waals surface area contributed by atoms with E-state index in [0.717, 1.165) is 12.2 Å². The number of rotatable bonds is 4. The first kappa shape index (κ1) is 11.1. The quantitative estimate of drug-likeness (QED) is 0.782. The largest absolute Gasteiger partial charge is 0.395 e. The molecule has 0 aliphatic heterocycles. The van der Waals surface area contributed by atoms with Crippen LogP contribution in [0.15, 0.2) is 18.3 Å². The molecule has 0 spiro atoms. The van der Waals surface area contributed by atoms with Gasteiger partial charge in [0.1, 0.15) is 0 Å². The van der Waals surface area contributed by atoms with Crippen molar-refractivity contribution in [2.24, 2.45) is 0 Å². The maximum atomic E-state index is 8.99. The van der Waals surface area contributed by atoms with Crippen LogP contribution in [0, 0.1) is 6.92 Å². The van der Waals surface area contributed by atoms with Crippen molar-refractivity contribution in [2.75, 3.05) is 13.7 Å². The predicted molar refractivity (Wildman–Crippen MR) is 57.0 cm³/mol. The molecule has 14 heavy (non-hydrogen) atoms. The fourth-order valence-corrected chi connectivity index (χ4v) is 1.22. The van der Waals surface area contributed by atoms with Crippen molar-refractivity contribution in [3.63, 3.8) is 0 Å². The van der Waals surface area contributed by atoms with Gasteiger partial charge in [-0.1, -0.05) is 6.07 Å². The van der Waals surface area contributed by atoms with Crippen molar-refractivity contribution in [1.82, 2.24) is 9.88 Å². The number of likely N-dealkylation sites (N-methyl/N-ethyl adjacent to an activating group) is 1. The van der Waals surface area contributed by atoms with Gasteiger partial charge in [-0.05, 0) is 32.5 Å². The van der Waals surface area contributed by atoms with E-state index in [0.29, 0.717) is 0 Å². The number of hydrogen-bond acceptors (Lipinski definition) is 3. The van der Waals surface area contributed by atoms with Gasteiger partial charge in [-0.3, -0.25) is 9.88 Å². The van der Waals surface area contributed by atoms with Gasteiger partial charge in [-0.2, -0.15) is 0 Å². The number of aliphatic hydroxyl groups excluding tert-OH is 1. The first-order chi connectivity index (χ1) is 6.65. The first-order valence-corrected chi connectivity index (χ1v) is 4.86. The molecule has 0 radical (unpaired) electrons. The Balaban J connectivity index is 2.64. The third-order valence-electron chi connectivity index (χ3n) is 2.53. The first-order valence-electron chi connectivity index (χ1n) is 4.86. The lowest BCUT2D eigenvalue weighted by molar-refractivity contribution is 0.152. The summed E-state index contributed by atoms with van der Waals surface area (Å²) >= 11 is 0. The third kappa shape index (κ3) is 2.79. The number of hydrogen-bond donors (Lipinski definition) is 1. The third-order valence-corrected chi connectivity index (χ3v) is 2.53. The van der Waals surface area contributed by atoms with Crippen LogP contribution in [0.2, 0.25) is 0 Å². The Morgan fingerprint density at radius 2 is 2.29 bits per heavy atom. The summed E-state index contributed by atoms with van der Waals surface area (Å²) in [4.78, 5) is 6.40. The molecule has 1 heterocycles. The van der Waals surface area contributed by atoms with E-state index in [-0.39, 0.29) is 12.6 Å². The predicted octanol–water partition coefficient (Wildman–Crippen LogP) is 1.20. The van der Waals surface area contributed by atoms with Crippen molar-refractivity contribution in [1.29, 1.82) is 0 Å². The van der Waals surface area contributed by atoms with E-state index in [1.165, 1.54) is 5.56 Å². The maximum absolute atomic E-state index is 8.99. The Morgan fingerprint density at radius 1 is 1.57 bits per heavy atom. The SMILES string of the molecule is Cc1cccnc1CN(C)C(C)CO. The zero-order valence-electron chi connectivity index (χ0n) is 9.07. The fourth-order valence-electron chi connectivity index (χ4n) is 1.22. The highest BCUT2D eigenvalue weighted by Crippen LogP contribution is 2.07. The van der Waals surface area contributed by atoms with Crippen LogP contribution in [-0.2, 0) is 6.54 Å². The minimum Gasteiger partial charge on any atom is -0.395 e. The summed E-state index contributed by atoms with van der Waals surface area (Å²) in [5.74, 6) is 0. The molecule has 0 saturated carbocycles. The average molecular weight is 194 g/mol. The van der Waals surface area contributed by atoms with E-state index in [1.807, 2.05) is 20.0 Å². The van der Waals surface area contributed by atoms with Crippen LogP contribution in [-0.4, -0.2) is 34.7 Å². The molecule has 0 fully saturated rings. The Hall–Kier alpha value is -0.930. The van der Waals surface area contributed by atoms with Crippen LogP contribution in [0.5, 0.6) is 0 Å². The number of aliphatic hydroxyl groups is 1. The summed E-state index contributed by atoms with van der Waals surface area (Å²) in [7, 11) is 2.00. The molecule has 3 heteroatoms. The van der Waals surface area contributed by atoms with Crippen LogP contribution in [0.3, 0.4) is 0 Å². The van der Waals surface area contributed by atoms with E-state index in [4.69, 9.17) is 5.11 Å². The lowest BCUT2D eigenvalue weighted by Gasteiger charge is -2.22. The molecule has 1 N–H and O–H groups in total. The molecule has 0 saturated heterocycles. The Kier molecular flexibility index (Phi) is 4.04. The van der Waals surface area contributed by atoms with Crippen LogP contribution >= 0.6 is 0 Å². The van der Waals surface area contributed by atoms with Crippen molar-refractivity contribution < 1.29 is 5.11 Å². The van der Waals surface area contributed by atoms with Gasteiger partial charge in [-0.15, -0.1) is 0 Å². The minimum atomic E-state index is 0.177. The number of pyridine rings is 1. The van der Waals surface area contributed by atoms with Gasteiger partial charge < -0.3 is 5.11 Å². The summed E-state index contributed by atoms with van der Waals surface area (Å²) in [6.45, 7) is 5.02. The molecule has 1 aromatic rings. The summed E-state index contributed by atoms with van der Waals surface area (Å²) in [6, 6.07) is 4.17. The standard InChI is InChI=1S/C11H18N2O/c1-9-5-4-6-12-11(9)7-13(3)10(2)8-14/h4-6,10,14H,7-8H2,1-3H3. The molecule has 1 aromatic heterocycles. The van der Waals surface area contributed by atoms with Gasteiger partial charge in [0.15, 0.2) is 0 Å². The highest BCUT2D eigenvalue weighted by atomic mass is 16.3. The number of nitrogens with zero attached hydrogens (tertiary/aromatic N) is 2. The van der Waals surface area contributed by atoms with Gasteiger partial charge in [0, 0.05) is 18.8 Å². The zero-order valence-corrected chi connectivity index (χ0v) is 9.07. The normalized spacial score (nSPS) is 13.2. The number of aromatic nitrogens is 1. The highest BCUT2D eigenvalue weighted by molar-refractivity contribution is 5.17. The van der Waals surface area contributed by atoms with E-state index in [1.54, 1.807) is 6.20 Å². The summed E-state index contributed by atoms with van der Waals surface area (Å²) in [6.07, 6.45) is 1.81. The average Bonchev–Trinajstić information content (AvgIpc) is 2.20. The topological polar surface area (TPSA) is 36.4 Å². The second-order valence-electron chi connectivity index (χ2n) is 3.71. The highest BCUT2D eigenvalue weighted by Gasteiger charge is 2.09. The van der Waals surface area contributed by atoms with Crippen molar-refractivity contribution >= 4 is 0 Å². The van der Waals surface area contributed by atoms with Gasteiger partial charge in [0.2, 0.25) is 0 Å². The van der Waals surface area contributed by atoms with E-state index in [2.05, 4.69) is 22.9 Å². The Bertz CT molecular complexity index is 288. The molecule has 1 rings (SSSR count). The van der Waals surface area contributed by atoms with E-state index in [9.17, 15) is 0 Å². The molecule has 0 aliphatic rings. The van der Waals surface area contributed by atoms with Gasteiger partial charge in [-0.25, -0.2) is 0 Å². The second kappa shape index (κ2) is 5.08. The summed E-state index contributed by atoms with van der Waals surface area (Å²) in [5, 5.41) is 8.99. The molecule has 0 amide bonds. The Morgan fingerprint density at radius 3 is 2.86 bits per heavy atom. The molecule has 0 bridgehead atoms. The molecular formula is C11H18N2O. The van der Waals surface area contributed by atoms with Crippen LogP contribution < -0.4 is 0 Å². The van der Waals surface area contributed by atoms with Crippen molar-refractivity contribution in [2.45, 2.75) is 26.4 Å². The van der Waals surface area contributed by atoms with Crippen LogP contribution in [0.25, 0.3) is 0 Å². The van der Waals surface area contributed by atoms with Crippen molar-refractivity contribution in [3.05, 3.63) is 29.6 Å². The van der Waals surface area contributed by atoms with Crippen LogP contribution in [0.1, 0.15) is 18.2 Å². The molecule has 0 aliphatic carbocycles. The van der Waals surface area contributed by atoms with E-state index >= 15 is 0 Å².